The first-order valence-electron chi connectivity index (χ1n) is 6.02. The molecule has 0 spiro atoms. The molecular weight excluding hydrogens is 252 g/mol. The molecule has 1 aliphatic heterocycles. The summed E-state index contributed by atoms with van der Waals surface area (Å²) in [6, 6.07) is 0. The number of Topliss-reactive ketones (excluding diaryl/α,β-unsaturated/α-hetero) is 1. The maximum atomic E-state index is 12.1. The van der Waals surface area contributed by atoms with Crippen molar-refractivity contribution in [1.29, 1.82) is 0 Å². The maximum absolute atomic E-state index is 12.1. The van der Waals surface area contributed by atoms with Crippen molar-refractivity contribution in [3.8, 4) is 0 Å². The molecule has 0 aromatic heterocycles. The van der Waals surface area contributed by atoms with Crippen LogP contribution in [0.5, 0.6) is 0 Å². The van der Waals surface area contributed by atoms with Gasteiger partial charge in [-0.2, -0.15) is 0 Å². The van der Waals surface area contributed by atoms with Gasteiger partial charge in [-0.15, -0.1) is 0 Å². The topological polar surface area (TPSA) is 104 Å². The van der Waals surface area contributed by atoms with Crippen molar-refractivity contribution in [2.24, 2.45) is 11.8 Å². The third-order valence-corrected chi connectivity index (χ3v) is 3.94. The van der Waals surface area contributed by atoms with Crippen molar-refractivity contribution in [2.45, 2.75) is 33.2 Å². The number of carboxylic acids is 1. The highest BCUT2D eigenvalue weighted by Gasteiger charge is 2.48. The van der Waals surface area contributed by atoms with Crippen molar-refractivity contribution in [2.75, 3.05) is 0 Å². The molecule has 0 aromatic rings. The molecule has 104 valence electrons. The fraction of sp³-hybridized carbons (Fsp3) is 0.538. The molecule has 0 saturated carbocycles. The number of carbonyl (C=O) groups is 2. The monoisotopic (exact) mass is 268 g/mol. The van der Waals surface area contributed by atoms with Crippen LogP contribution in [0.25, 0.3) is 0 Å². The van der Waals surface area contributed by atoms with Crippen LogP contribution in [0.4, 0.5) is 0 Å². The van der Waals surface area contributed by atoms with Crippen LogP contribution < -0.4 is 0 Å². The minimum absolute atomic E-state index is 0.185. The van der Waals surface area contributed by atoms with Crippen LogP contribution in [0.2, 0.25) is 0 Å². The number of carboxylic acid groups (broad SMARTS) is 1. The van der Waals surface area contributed by atoms with E-state index in [2.05, 4.69) is 0 Å². The quantitative estimate of drug-likeness (QED) is 0.607. The van der Waals surface area contributed by atoms with E-state index in [1.54, 1.807) is 13.8 Å². The molecule has 0 aromatic carbocycles. The summed E-state index contributed by atoms with van der Waals surface area (Å²) in [4.78, 5) is 23.2. The Bertz CT molecular complexity index is 515. The second-order valence-electron chi connectivity index (χ2n) is 4.97. The lowest BCUT2D eigenvalue weighted by molar-refractivity contribution is -0.187. The largest absolute Gasteiger partial charge is 0.507 e. The minimum Gasteiger partial charge on any atom is -0.507 e. The van der Waals surface area contributed by atoms with Crippen molar-refractivity contribution in [3.05, 3.63) is 22.5 Å². The fourth-order valence-electron chi connectivity index (χ4n) is 2.75. The van der Waals surface area contributed by atoms with Crippen LogP contribution in [0.1, 0.15) is 20.8 Å². The van der Waals surface area contributed by atoms with Gasteiger partial charge in [0, 0.05) is 5.92 Å². The standard InChI is InChI=1S/C13H16O6/c1-4-6(3)19-13(18)8-7(4)5(2)10(14)9(11(8)15)12(16)17/h4,6,8,13-14,18H,1-3H3,(H,16,17). The molecule has 2 aliphatic rings. The molecule has 0 bridgehead atoms. The SMILES string of the molecule is CC1=C2C(C)C(C)OC(O)C2C(=O)C(C(=O)O)=C1O. The van der Waals surface area contributed by atoms with E-state index >= 15 is 0 Å². The molecule has 19 heavy (non-hydrogen) atoms. The number of aliphatic hydroxyl groups excluding tert-OH is 2. The zero-order valence-electron chi connectivity index (χ0n) is 10.9. The molecule has 6 heteroatoms. The molecule has 2 rings (SSSR count). The predicted octanol–water partition coefficient (Wildman–Crippen LogP) is 0.772. The summed E-state index contributed by atoms with van der Waals surface area (Å²) in [6.07, 6.45) is -1.70. The van der Waals surface area contributed by atoms with Crippen LogP contribution in [0.3, 0.4) is 0 Å². The minimum atomic E-state index is -1.50. The van der Waals surface area contributed by atoms with Gasteiger partial charge in [-0.05, 0) is 25.0 Å². The molecule has 1 saturated heterocycles. The molecule has 6 nitrogen and oxygen atoms in total. The lowest BCUT2D eigenvalue weighted by Crippen LogP contribution is -2.47. The Balaban J connectivity index is 2.65. The van der Waals surface area contributed by atoms with E-state index in [0.717, 1.165) is 0 Å². The summed E-state index contributed by atoms with van der Waals surface area (Å²) >= 11 is 0. The van der Waals surface area contributed by atoms with E-state index in [1.807, 2.05) is 6.92 Å². The van der Waals surface area contributed by atoms with Crippen LogP contribution in [0, 0.1) is 11.8 Å². The van der Waals surface area contributed by atoms with Crippen molar-refractivity contribution in [3.63, 3.8) is 0 Å². The maximum Gasteiger partial charge on any atom is 0.343 e. The summed E-state index contributed by atoms with van der Waals surface area (Å²) in [5.41, 5.74) is 0.207. The average Bonchev–Trinajstić information content (AvgIpc) is 2.30. The summed E-state index contributed by atoms with van der Waals surface area (Å²) in [6.45, 7) is 5.12. The van der Waals surface area contributed by atoms with E-state index < -0.39 is 35.3 Å². The summed E-state index contributed by atoms with van der Waals surface area (Å²) in [7, 11) is 0. The Morgan fingerprint density at radius 3 is 2.42 bits per heavy atom. The zero-order valence-corrected chi connectivity index (χ0v) is 10.9. The number of hydrogen-bond donors (Lipinski definition) is 3. The van der Waals surface area contributed by atoms with Gasteiger partial charge < -0.3 is 20.1 Å². The second kappa shape index (κ2) is 4.47. The van der Waals surface area contributed by atoms with E-state index in [-0.39, 0.29) is 12.0 Å². The van der Waals surface area contributed by atoms with E-state index in [0.29, 0.717) is 11.1 Å². The molecule has 1 heterocycles. The summed E-state index contributed by atoms with van der Waals surface area (Å²) in [5, 5.41) is 28.8. The highest BCUT2D eigenvalue weighted by Crippen LogP contribution is 2.42. The Morgan fingerprint density at radius 2 is 1.89 bits per heavy atom. The third-order valence-electron chi connectivity index (χ3n) is 3.94. The lowest BCUT2D eigenvalue weighted by Gasteiger charge is -2.41. The molecule has 4 unspecified atom stereocenters. The van der Waals surface area contributed by atoms with Crippen LogP contribution in [0.15, 0.2) is 22.5 Å². The van der Waals surface area contributed by atoms with Crippen molar-refractivity contribution < 1.29 is 29.6 Å². The van der Waals surface area contributed by atoms with E-state index in [9.17, 15) is 19.8 Å². The molecular formula is C13H16O6. The predicted molar refractivity (Wildman–Crippen MR) is 64.2 cm³/mol. The number of aliphatic carboxylic acids is 1. The molecule has 1 fully saturated rings. The first-order chi connectivity index (χ1) is 8.77. The third kappa shape index (κ3) is 1.87. The van der Waals surface area contributed by atoms with Gasteiger partial charge >= 0.3 is 5.97 Å². The fourth-order valence-corrected chi connectivity index (χ4v) is 2.75. The number of ether oxygens (including phenoxy) is 1. The number of ketones is 1. The number of fused-ring (bicyclic) bond motifs is 1. The Kier molecular flexibility index (Phi) is 3.24. The van der Waals surface area contributed by atoms with Gasteiger partial charge in [0.25, 0.3) is 0 Å². The van der Waals surface area contributed by atoms with Crippen molar-refractivity contribution >= 4 is 11.8 Å². The molecule has 3 N–H and O–H groups in total. The van der Waals surface area contributed by atoms with Crippen LogP contribution in [-0.4, -0.2) is 39.5 Å². The van der Waals surface area contributed by atoms with Crippen molar-refractivity contribution in [1.82, 2.24) is 0 Å². The van der Waals surface area contributed by atoms with Crippen LogP contribution in [-0.2, 0) is 14.3 Å². The first kappa shape index (κ1) is 13.8. The molecule has 4 atom stereocenters. The highest BCUT2D eigenvalue weighted by atomic mass is 16.6. The van der Waals surface area contributed by atoms with Gasteiger partial charge in [0.15, 0.2) is 12.1 Å². The van der Waals surface area contributed by atoms with E-state index in [1.165, 1.54) is 0 Å². The second-order valence-corrected chi connectivity index (χ2v) is 4.97. The van der Waals surface area contributed by atoms with Gasteiger partial charge in [0.1, 0.15) is 11.3 Å². The van der Waals surface area contributed by atoms with Gasteiger partial charge in [0.2, 0.25) is 0 Å². The number of hydrogen-bond acceptors (Lipinski definition) is 5. The number of aliphatic hydroxyl groups is 2. The summed E-state index contributed by atoms with van der Waals surface area (Å²) < 4.78 is 5.25. The average molecular weight is 268 g/mol. The van der Waals surface area contributed by atoms with Gasteiger partial charge in [-0.25, -0.2) is 4.79 Å². The van der Waals surface area contributed by atoms with Gasteiger partial charge in [-0.1, -0.05) is 6.92 Å². The Morgan fingerprint density at radius 1 is 1.32 bits per heavy atom. The smallest absolute Gasteiger partial charge is 0.343 e. The zero-order chi connectivity index (χ0) is 14.5. The lowest BCUT2D eigenvalue weighted by atomic mass is 9.72. The van der Waals surface area contributed by atoms with Crippen LogP contribution >= 0.6 is 0 Å². The number of rotatable bonds is 1. The summed E-state index contributed by atoms with van der Waals surface area (Å²) in [5.74, 6) is -4.06. The molecule has 0 amide bonds. The molecule has 0 radical (unpaired) electrons. The number of allylic oxidation sites excluding steroid dienone is 1. The Hall–Kier alpha value is -1.66. The highest BCUT2D eigenvalue weighted by molar-refractivity contribution is 6.20. The molecule has 1 aliphatic carbocycles. The number of carbonyl (C=O) groups excluding carboxylic acids is 1. The van der Waals surface area contributed by atoms with E-state index in [4.69, 9.17) is 9.84 Å². The Labute approximate surface area is 110 Å². The normalized spacial score (nSPS) is 35.5. The van der Waals surface area contributed by atoms with Gasteiger partial charge in [-0.3, -0.25) is 4.79 Å². The first-order valence-corrected chi connectivity index (χ1v) is 6.02. The van der Waals surface area contributed by atoms with Gasteiger partial charge in [0.05, 0.1) is 12.0 Å².